The summed E-state index contributed by atoms with van der Waals surface area (Å²) in [5.74, 6) is -0.743. The third-order valence-electron chi connectivity index (χ3n) is 5.35. The molecule has 26 heavy (non-hydrogen) atoms. The topological polar surface area (TPSA) is 72.2 Å². The lowest BCUT2D eigenvalue weighted by Crippen LogP contribution is -2.51. The van der Waals surface area contributed by atoms with Crippen molar-refractivity contribution in [2.24, 2.45) is 5.73 Å². The number of primary amides is 1. The van der Waals surface area contributed by atoms with Crippen molar-refractivity contribution in [1.82, 2.24) is 5.32 Å². The molecule has 2 amide bonds. The number of rotatable bonds is 4. The highest BCUT2D eigenvalue weighted by molar-refractivity contribution is 6.06. The lowest BCUT2D eigenvalue weighted by Gasteiger charge is -2.30. The molecule has 1 aliphatic rings. The molecule has 3 N–H and O–H groups in total. The van der Waals surface area contributed by atoms with Crippen LogP contribution in [0.15, 0.2) is 66.7 Å². The standard InChI is InChI=1S/C22H20N2O2/c1-14(16-11-6-8-15-7-2-3-9-17(15)16)13-22(21(23)26)19-12-5-4-10-18(19)20(25)24-22/h2-12,14H,13H2,1H3,(H2,23,26)(H,24,25). The summed E-state index contributed by atoms with van der Waals surface area (Å²) in [5, 5.41) is 5.17. The largest absolute Gasteiger partial charge is 0.367 e. The number of amides is 2. The molecule has 0 aliphatic carbocycles. The Labute approximate surface area is 152 Å². The van der Waals surface area contributed by atoms with E-state index in [2.05, 4.69) is 36.5 Å². The van der Waals surface area contributed by atoms with Gasteiger partial charge < -0.3 is 11.1 Å². The van der Waals surface area contributed by atoms with Gasteiger partial charge in [0.15, 0.2) is 0 Å². The smallest absolute Gasteiger partial charge is 0.252 e. The van der Waals surface area contributed by atoms with Gasteiger partial charge in [-0.1, -0.05) is 67.6 Å². The Balaban J connectivity index is 1.79. The molecule has 0 saturated heterocycles. The minimum atomic E-state index is -1.18. The quantitative estimate of drug-likeness (QED) is 0.761. The zero-order chi connectivity index (χ0) is 18.3. The maximum Gasteiger partial charge on any atom is 0.252 e. The van der Waals surface area contributed by atoms with Crippen LogP contribution in [0.5, 0.6) is 0 Å². The fourth-order valence-corrected chi connectivity index (χ4v) is 4.09. The van der Waals surface area contributed by atoms with Crippen LogP contribution in [0.1, 0.15) is 40.7 Å². The van der Waals surface area contributed by atoms with Gasteiger partial charge in [-0.25, -0.2) is 0 Å². The number of nitrogens with two attached hydrogens (primary N) is 1. The van der Waals surface area contributed by atoms with E-state index in [1.165, 1.54) is 0 Å². The fourth-order valence-electron chi connectivity index (χ4n) is 4.09. The Morgan fingerprint density at radius 2 is 1.73 bits per heavy atom. The molecule has 1 heterocycles. The molecule has 0 radical (unpaired) electrons. The first kappa shape index (κ1) is 16.3. The van der Waals surface area contributed by atoms with Crippen molar-refractivity contribution in [3.63, 3.8) is 0 Å². The van der Waals surface area contributed by atoms with E-state index in [0.29, 0.717) is 17.5 Å². The number of carbonyl (C=O) groups excluding carboxylic acids is 2. The zero-order valence-corrected chi connectivity index (χ0v) is 14.5. The summed E-state index contributed by atoms with van der Waals surface area (Å²) < 4.78 is 0. The molecule has 130 valence electrons. The van der Waals surface area contributed by atoms with Crippen molar-refractivity contribution >= 4 is 22.6 Å². The average molecular weight is 344 g/mol. The third kappa shape index (κ3) is 2.37. The minimum Gasteiger partial charge on any atom is -0.367 e. The van der Waals surface area contributed by atoms with Gasteiger partial charge >= 0.3 is 0 Å². The Kier molecular flexibility index (Phi) is 3.76. The van der Waals surface area contributed by atoms with Gasteiger partial charge in [-0.05, 0) is 40.3 Å². The van der Waals surface area contributed by atoms with Crippen LogP contribution in [0.3, 0.4) is 0 Å². The van der Waals surface area contributed by atoms with Crippen molar-refractivity contribution in [2.45, 2.75) is 24.8 Å². The van der Waals surface area contributed by atoms with Crippen molar-refractivity contribution in [2.75, 3.05) is 0 Å². The van der Waals surface area contributed by atoms with Crippen LogP contribution >= 0.6 is 0 Å². The maximum atomic E-state index is 12.5. The van der Waals surface area contributed by atoms with Gasteiger partial charge in [0.1, 0.15) is 5.54 Å². The van der Waals surface area contributed by atoms with Crippen LogP contribution in [0.4, 0.5) is 0 Å². The lowest BCUT2D eigenvalue weighted by molar-refractivity contribution is -0.124. The van der Waals surface area contributed by atoms with E-state index in [-0.39, 0.29) is 11.8 Å². The Morgan fingerprint density at radius 3 is 2.54 bits per heavy atom. The number of fused-ring (bicyclic) bond motifs is 2. The highest BCUT2D eigenvalue weighted by Crippen LogP contribution is 2.40. The molecule has 2 atom stereocenters. The van der Waals surface area contributed by atoms with Crippen LogP contribution in [0, 0.1) is 0 Å². The first-order chi connectivity index (χ1) is 12.5. The monoisotopic (exact) mass is 344 g/mol. The molecule has 0 bridgehead atoms. The first-order valence-electron chi connectivity index (χ1n) is 8.72. The second kappa shape index (κ2) is 5.99. The summed E-state index contributed by atoms with van der Waals surface area (Å²) in [6.07, 6.45) is 0.416. The van der Waals surface area contributed by atoms with Gasteiger partial charge in [-0.15, -0.1) is 0 Å². The summed E-state index contributed by atoms with van der Waals surface area (Å²) in [6.45, 7) is 2.07. The number of nitrogens with one attached hydrogen (secondary N) is 1. The molecule has 3 aromatic rings. The zero-order valence-electron chi connectivity index (χ0n) is 14.5. The molecule has 0 saturated carbocycles. The number of carbonyl (C=O) groups is 2. The normalized spacial score (nSPS) is 19.8. The Morgan fingerprint density at radius 1 is 1.04 bits per heavy atom. The molecular weight excluding hydrogens is 324 g/mol. The molecule has 3 aromatic carbocycles. The summed E-state index contributed by atoms with van der Waals surface area (Å²) in [5.41, 5.74) is 6.96. The molecule has 4 heteroatoms. The molecular formula is C22H20N2O2. The fraction of sp³-hybridized carbons (Fsp3) is 0.182. The molecule has 0 aromatic heterocycles. The Hall–Kier alpha value is -3.14. The summed E-state index contributed by atoms with van der Waals surface area (Å²) in [6, 6.07) is 21.5. The van der Waals surface area contributed by atoms with E-state index in [9.17, 15) is 9.59 Å². The highest BCUT2D eigenvalue weighted by Gasteiger charge is 2.48. The van der Waals surface area contributed by atoms with E-state index in [4.69, 9.17) is 5.73 Å². The second-order valence-electron chi connectivity index (χ2n) is 6.94. The molecule has 4 rings (SSSR count). The minimum absolute atomic E-state index is 0.0278. The lowest BCUT2D eigenvalue weighted by atomic mass is 9.79. The molecule has 1 aliphatic heterocycles. The molecule has 2 unspecified atom stereocenters. The number of benzene rings is 3. The number of hydrogen-bond donors (Lipinski definition) is 2. The van der Waals surface area contributed by atoms with Gasteiger partial charge in [-0.2, -0.15) is 0 Å². The van der Waals surface area contributed by atoms with Gasteiger partial charge in [0, 0.05) is 5.56 Å². The first-order valence-corrected chi connectivity index (χ1v) is 8.72. The SMILES string of the molecule is CC(CC1(C(N)=O)NC(=O)c2ccccc21)c1cccc2ccccc12. The van der Waals surface area contributed by atoms with E-state index < -0.39 is 11.4 Å². The summed E-state index contributed by atoms with van der Waals surface area (Å²) in [7, 11) is 0. The molecule has 4 nitrogen and oxygen atoms in total. The van der Waals surface area contributed by atoms with E-state index in [0.717, 1.165) is 16.3 Å². The van der Waals surface area contributed by atoms with E-state index in [1.54, 1.807) is 12.1 Å². The van der Waals surface area contributed by atoms with Gasteiger partial charge in [0.25, 0.3) is 5.91 Å². The van der Waals surface area contributed by atoms with Crippen LogP contribution in [-0.4, -0.2) is 11.8 Å². The second-order valence-corrected chi connectivity index (χ2v) is 6.94. The van der Waals surface area contributed by atoms with Crippen LogP contribution in [-0.2, 0) is 10.3 Å². The van der Waals surface area contributed by atoms with Crippen molar-refractivity contribution < 1.29 is 9.59 Å². The third-order valence-corrected chi connectivity index (χ3v) is 5.35. The van der Waals surface area contributed by atoms with Gasteiger partial charge in [0.05, 0.1) is 0 Å². The van der Waals surface area contributed by atoms with Crippen LogP contribution in [0.25, 0.3) is 10.8 Å². The van der Waals surface area contributed by atoms with Crippen LogP contribution in [0.2, 0.25) is 0 Å². The summed E-state index contributed by atoms with van der Waals surface area (Å²) in [4.78, 5) is 24.9. The van der Waals surface area contributed by atoms with Crippen molar-refractivity contribution in [3.05, 3.63) is 83.4 Å². The van der Waals surface area contributed by atoms with Gasteiger partial charge in [0.2, 0.25) is 5.91 Å². The maximum absolute atomic E-state index is 12.5. The molecule has 0 spiro atoms. The van der Waals surface area contributed by atoms with Gasteiger partial charge in [-0.3, -0.25) is 9.59 Å². The summed E-state index contributed by atoms with van der Waals surface area (Å²) >= 11 is 0. The van der Waals surface area contributed by atoms with E-state index in [1.807, 2.05) is 30.3 Å². The van der Waals surface area contributed by atoms with Crippen LogP contribution < -0.4 is 11.1 Å². The van der Waals surface area contributed by atoms with Crippen molar-refractivity contribution in [1.29, 1.82) is 0 Å². The number of hydrogen-bond acceptors (Lipinski definition) is 2. The highest BCUT2D eigenvalue weighted by atomic mass is 16.2. The predicted molar refractivity (Wildman–Crippen MR) is 102 cm³/mol. The molecule has 0 fully saturated rings. The van der Waals surface area contributed by atoms with Crippen molar-refractivity contribution in [3.8, 4) is 0 Å². The Bertz CT molecular complexity index is 1020. The van der Waals surface area contributed by atoms with E-state index >= 15 is 0 Å². The average Bonchev–Trinajstić information content (AvgIpc) is 2.95. The predicted octanol–water partition coefficient (Wildman–Crippen LogP) is 3.46.